The molecule has 0 aliphatic carbocycles. The zero-order valence-corrected chi connectivity index (χ0v) is 14.4. The van der Waals surface area contributed by atoms with Gasteiger partial charge in [-0.15, -0.1) is 0 Å². The largest absolute Gasteiger partial charge is 0.480 e. The predicted octanol–water partition coefficient (Wildman–Crippen LogP) is 4.33. The molecule has 2 aromatic rings. The maximum atomic E-state index is 11.8. The van der Waals surface area contributed by atoms with Gasteiger partial charge in [0.25, 0.3) is 0 Å². The summed E-state index contributed by atoms with van der Waals surface area (Å²) >= 11 is 0. The van der Waals surface area contributed by atoms with Crippen LogP contribution in [-0.2, 0) is 4.79 Å². The Morgan fingerprint density at radius 2 is 1.88 bits per heavy atom. The SMILES string of the molecule is Cc1ccc(C(c2ccccc2)N2CCCCC2C(=O)O)c(C)c1. The van der Waals surface area contributed by atoms with E-state index in [-0.39, 0.29) is 6.04 Å². The van der Waals surface area contributed by atoms with E-state index in [4.69, 9.17) is 0 Å². The van der Waals surface area contributed by atoms with Crippen LogP contribution < -0.4 is 0 Å². The van der Waals surface area contributed by atoms with Crippen molar-refractivity contribution in [3.63, 3.8) is 0 Å². The van der Waals surface area contributed by atoms with Crippen LogP contribution in [0.15, 0.2) is 48.5 Å². The number of aliphatic carboxylic acids is 1. The van der Waals surface area contributed by atoms with E-state index in [1.165, 1.54) is 16.7 Å². The van der Waals surface area contributed by atoms with Crippen molar-refractivity contribution in [2.45, 2.75) is 45.2 Å². The van der Waals surface area contributed by atoms with Crippen molar-refractivity contribution in [3.05, 3.63) is 70.8 Å². The first kappa shape index (κ1) is 16.7. The van der Waals surface area contributed by atoms with Gasteiger partial charge in [0, 0.05) is 0 Å². The Balaban J connectivity index is 2.10. The second-order valence-electron chi connectivity index (χ2n) is 6.76. The molecule has 0 aromatic heterocycles. The van der Waals surface area contributed by atoms with Crippen LogP contribution in [0.3, 0.4) is 0 Å². The number of rotatable bonds is 4. The van der Waals surface area contributed by atoms with Gasteiger partial charge >= 0.3 is 5.97 Å². The summed E-state index contributed by atoms with van der Waals surface area (Å²) in [6.07, 6.45) is 2.77. The summed E-state index contributed by atoms with van der Waals surface area (Å²) in [6, 6.07) is 16.3. The van der Waals surface area contributed by atoms with Gasteiger partial charge in [-0.2, -0.15) is 0 Å². The number of hydrogen-bond donors (Lipinski definition) is 1. The van der Waals surface area contributed by atoms with E-state index in [2.05, 4.69) is 49.1 Å². The molecule has 1 saturated heterocycles. The third-order valence-electron chi connectivity index (χ3n) is 5.00. The monoisotopic (exact) mass is 323 g/mol. The Kier molecular flexibility index (Phi) is 5.00. The highest BCUT2D eigenvalue weighted by Gasteiger charge is 2.35. The maximum Gasteiger partial charge on any atom is 0.320 e. The van der Waals surface area contributed by atoms with E-state index in [1.54, 1.807) is 0 Å². The lowest BCUT2D eigenvalue weighted by molar-refractivity contribution is -0.145. The number of carbonyl (C=O) groups is 1. The highest BCUT2D eigenvalue weighted by Crippen LogP contribution is 2.35. The Hall–Kier alpha value is -2.13. The smallest absolute Gasteiger partial charge is 0.320 e. The van der Waals surface area contributed by atoms with E-state index in [1.807, 2.05) is 18.2 Å². The molecule has 3 rings (SSSR count). The highest BCUT2D eigenvalue weighted by molar-refractivity contribution is 5.73. The lowest BCUT2D eigenvalue weighted by Gasteiger charge is -2.40. The van der Waals surface area contributed by atoms with Crippen LogP contribution in [0.5, 0.6) is 0 Å². The van der Waals surface area contributed by atoms with Crippen molar-refractivity contribution in [1.29, 1.82) is 0 Å². The molecule has 3 heteroatoms. The molecule has 0 spiro atoms. The summed E-state index contributed by atoms with van der Waals surface area (Å²) in [5.74, 6) is -0.708. The molecule has 3 nitrogen and oxygen atoms in total. The molecule has 1 aliphatic heterocycles. The van der Waals surface area contributed by atoms with Crippen LogP contribution >= 0.6 is 0 Å². The van der Waals surface area contributed by atoms with Crippen LogP contribution in [-0.4, -0.2) is 28.6 Å². The molecule has 24 heavy (non-hydrogen) atoms. The number of nitrogens with zero attached hydrogens (tertiary/aromatic N) is 1. The molecule has 126 valence electrons. The zero-order valence-electron chi connectivity index (χ0n) is 14.4. The molecule has 2 unspecified atom stereocenters. The molecule has 1 aliphatic rings. The standard InChI is InChI=1S/C21H25NO2/c1-15-11-12-18(16(2)14-15)20(17-8-4-3-5-9-17)22-13-7-6-10-19(22)21(23)24/h3-5,8-9,11-12,14,19-20H,6-7,10,13H2,1-2H3,(H,23,24). The van der Waals surface area contributed by atoms with Crippen molar-refractivity contribution in [3.8, 4) is 0 Å². The number of benzene rings is 2. The number of likely N-dealkylation sites (tertiary alicyclic amines) is 1. The summed E-state index contributed by atoms with van der Waals surface area (Å²) in [5, 5.41) is 9.72. The Labute approximate surface area is 143 Å². The number of carboxylic acids is 1. The van der Waals surface area contributed by atoms with Gasteiger partial charge in [-0.1, -0.05) is 60.5 Å². The molecule has 2 atom stereocenters. The fraction of sp³-hybridized carbons (Fsp3) is 0.381. The van der Waals surface area contributed by atoms with Crippen molar-refractivity contribution in [2.75, 3.05) is 6.54 Å². The second-order valence-corrected chi connectivity index (χ2v) is 6.76. The molecular weight excluding hydrogens is 298 g/mol. The minimum absolute atomic E-state index is 0.00630. The molecule has 0 amide bonds. The van der Waals surface area contributed by atoms with Crippen LogP contribution in [0.4, 0.5) is 0 Å². The van der Waals surface area contributed by atoms with Gasteiger partial charge in [-0.25, -0.2) is 0 Å². The fourth-order valence-corrected chi connectivity index (χ4v) is 3.85. The van der Waals surface area contributed by atoms with E-state index >= 15 is 0 Å². The topological polar surface area (TPSA) is 40.5 Å². The molecule has 1 heterocycles. The normalized spacial score (nSPS) is 19.8. The average Bonchev–Trinajstić information content (AvgIpc) is 2.58. The summed E-state index contributed by atoms with van der Waals surface area (Å²) in [7, 11) is 0. The molecule has 0 saturated carbocycles. The van der Waals surface area contributed by atoms with Crippen molar-refractivity contribution >= 4 is 5.97 Å². The minimum Gasteiger partial charge on any atom is -0.480 e. The molecule has 2 aromatic carbocycles. The lowest BCUT2D eigenvalue weighted by Crippen LogP contribution is -2.47. The van der Waals surface area contributed by atoms with E-state index in [0.717, 1.165) is 31.4 Å². The number of hydrogen-bond acceptors (Lipinski definition) is 2. The maximum absolute atomic E-state index is 11.8. The van der Waals surface area contributed by atoms with Crippen LogP contribution in [0.2, 0.25) is 0 Å². The van der Waals surface area contributed by atoms with Gasteiger partial charge in [0.15, 0.2) is 0 Å². The molecular formula is C21H25NO2. The van der Waals surface area contributed by atoms with Crippen LogP contribution in [0.1, 0.15) is 47.6 Å². The summed E-state index contributed by atoms with van der Waals surface area (Å²) in [6.45, 7) is 5.04. The van der Waals surface area contributed by atoms with Crippen molar-refractivity contribution < 1.29 is 9.90 Å². The van der Waals surface area contributed by atoms with Gasteiger partial charge < -0.3 is 5.11 Å². The number of carboxylic acid groups (broad SMARTS) is 1. The molecule has 1 N–H and O–H groups in total. The third-order valence-corrected chi connectivity index (χ3v) is 5.00. The van der Waals surface area contributed by atoms with Gasteiger partial charge in [-0.05, 0) is 49.9 Å². The Bertz CT molecular complexity index is 711. The quantitative estimate of drug-likeness (QED) is 0.910. The number of piperidine rings is 1. The van der Waals surface area contributed by atoms with Gasteiger partial charge in [-0.3, -0.25) is 9.69 Å². The Morgan fingerprint density at radius 1 is 1.12 bits per heavy atom. The van der Waals surface area contributed by atoms with E-state index < -0.39 is 12.0 Å². The van der Waals surface area contributed by atoms with Crippen molar-refractivity contribution in [1.82, 2.24) is 4.90 Å². The average molecular weight is 323 g/mol. The molecule has 0 radical (unpaired) electrons. The zero-order chi connectivity index (χ0) is 17.1. The Morgan fingerprint density at radius 3 is 2.54 bits per heavy atom. The highest BCUT2D eigenvalue weighted by atomic mass is 16.4. The minimum atomic E-state index is -0.708. The van der Waals surface area contributed by atoms with Gasteiger partial charge in [0.05, 0.1) is 6.04 Å². The van der Waals surface area contributed by atoms with Gasteiger partial charge in [0.2, 0.25) is 0 Å². The van der Waals surface area contributed by atoms with Crippen LogP contribution in [0.25, 0.3) is 0 Å². The number of aryl methyl sites for hydroxylation is 2. The second kappa shape index (κ2) is 7.18. The first-order chi connectivity index (χ1) is 11.6. The summed E-state index contributed by atoms with van der Waals surface area (Å²) < 4.78 is 0. The van der Waals surface area contributed by atoms with Crippen molar-refractivity contribution in [2.24, 2.45) is 0 Å². The lowest BCUT2D eigenvalue weighted by atomic mass is 9.89. The first-order valence-electron chi connectivity index (χ1n) is 8.68. The van der Waals surface area contributed by atoms with Crippen LogP contribution in [0, 0.1) is 13.8 Å². The predicted molar refractivity (Wildman–Crippen MR) is 96.2 cm³/mol. The third kappa shape index (κ3) is 3.36. The van der Waals surface area contributed by atoms with E-state index in [0.29, 0.717) is 0 Å². The first-order valence-corrected chi connectivity index (χ1v) is 8.68. The molecule has 1 fully saturated rings. The fourth-order valence-electron chi connectivity index (χ4n) is 3.85. The summed E-state index contributed by atoms with van der Waals surface area (Å²) in [5.41, 5.74) is 4.83. The summed E-state index contributed by atoms with van der Waals surface area (Å²) in [4.78, 5) is 14.0. The molecule has 0 bridgehead atoms. The van der Waals surface area contributed by atoms with Gasteiger partial charge in [0.1, 0.15) is 6.04 Å². The van der Waals surface area contributed by atoms with E-state index in [9.17, 15) is 9.90 Å².